The molecule has 0 aromatic heterocycles. The van der Waals surface area contributed by atoms with Gasteiger partial charge in [-0.25, -0.2) is 4.79 Å². The van der Waals surface area contributed by atoms with E-state index in [-0.39, 0.29) is 6.61 Å². The first kappa shape index (κ1) is 14.7. The van der Waals surface area contributed by atoms with Crippen LogP contribution in [-0.4, -0.2) is 29.6 Å². The molecule has 0 heterocycles. The maximum absolute atomic E-state index is 11.7. The van der Waals surface area contributed by atoms with E-state index in [0.717, 1.165) is 12.8 Å². The van der Waals surface area contributed by atoms with Crippen molar-refractivity contribution in [2.24, 2.45) is 5.92 Å². The standard InChI is InChI=1S/C14H16ClNO4/c15-10-3-5-11(6-4-10)20-8-13(17)16-12(14(18)19)7-9-1-2-9/h3-6,9,12H,1-2,7-8H2,(H,16,17)(H,18,19). The van der Waals surface area contributed by atoms with Gasteiger partial charge < -0.3 is 15.2 Å². The summed E-state index contributed by atoms with van der Waals surface area (Å²) in [5.74, 6) is -0.503. The first-order valence-electron chi connectivity index (χ1n) is 6.45. The molecule has 1 amide bonds. The molecule has 0 spiro atoms. The minimum absolute atomic E-state index is 0.212. The Morgan fingerprint density at radius 2 is 2.00 bits per heavy atom. The zero-order chi connectivity index (χ0) is 14.5. The van der Waals surface area contributed by atoms with Gasteiger partial charge in [-0.1, -0.05) is 24.4 Å². The molecule has 0 radical (unpaired) electrons. The maximum atomic E-state index is 11.7. The van der Waals surface area contributed by atoms with E-state index in [1.165, 1.54) is 0 Å². The molecule has 1 fully saturated rings. The second kappa shape index (κ2) is 6.61. The lowest BCUT2D eigenvalue weighted by molar-refractivity contribution is -0.142. The highest BCUT2D eigenvalue weighted by Crippen LogP contribution is 2.33. The number of aliphatic carboxylic acids is 1. The number of nitrogens with one attached hydrogen (secondary N) is 1. The van der Waals surface area contributed by atoms with Crippen LogP contribution in [0.3, 0.4) is 0 Å². The minimum Gasteiger partial charge on any atom is -0.484 e. The maximum Gasteiger partial charge on any atom is 0.326 e. The average Bonchev–Trinajstić information content (AvgIpc) is 3.21. The van der Waals surface area contributed by atoms with Gasteiger partial charge in [0.2, 0.25) is 0 Å². The number of carboxylic acid groups (broad SMARTS) is 1. The van der Waals surface area contributed by atoms with Crippen molar-refractivity contribution in [1.82, 2.24) is 5.32 Å². The highest BCUT2D eigenvalue weighted by molar-refractivity contribution is 6.30. The topological polar surface area (TPSA) is 75.6 Å². The van der Waals surface area contributed by atoms with Gasteiger partial charge in [-0.05, 0) is 36.6 Å². The van der Waals surface area contributed by atoms with Crippen molar-refractivity contribution in [2.45, 2.75) is 25.3 Å². The molecule has 0 bridgehead atoms. The van der Waals surface area contributed by atoms with Crippen LogP contribution in [0.5, 0.6) is 5.75 Å². The van der Waals surface area contributed by atoms with E-state index in [4.69, 9.17) is 21.4 Å². The number of hydrogen-bond acceptors (Lipinski definition) is 3. The normalized spacial score (nSPS) is 15.4. The third kappa shape index (κ3) is 4.74. The van der Waals surface area contributed by atoms with E-state index >= 15 is 0 Å². The monoisotopic (exact) mass is 297 g/mol. The second-order valence-electron chi connectivity index (χ2n) is 4.88. The van der Waals surface area contributed by atoms with Gasteiger partial charge in [0.1, 0.15) is 11.8 Å². The SMILES string of the molecule is O=C(COc1ccc(Cl)cc1)NC(CC1CC1)C(=O)O. The first-order chi connectivity index (χ1) is 9.54. The lowest BCUT2D eigenvalue weighted by Gasteiger charge is -2.14. The molecule has 5 nitrogen and oxygen atoms in total. The molecule has 2 rings (SSSR count). The fraction of sp³-hybridized carbons (Fsp3) is 0.429. The van der Waals surface area contributed by atoms with E-state index in [0.29, 0.717) is 23.1 Å². The molecule has 0 saturated heterocycles. The summed E-state index contributed by atoms with van der Waals surface area (Å²) in [6.45, 7) is -0.212. The van der Waals surface area contributed by atoms with Crippen molar-refractivity contribution >= 4 is 23.5 Å². The third-order valence-electron chi connectivity index (χ3n) is 3.08. The van der Waals surface area contributed by atoms with Gasteiger partial charge in [-0.3, -0.25) is 4.79 Å². The zero-order valence-electron chi connectivity index (χ0n) is 10.8. The first-order valence-corrected chi connectivity index (χ1v) is 6.83. The summed E-state index contributed by atoms with van der Waals surface area (Å²) in [5, 5.41) is 12.1. The van der Waals surface area contributed by atoms with E-state index in [1.54, 1.807) is 24.3 Å². The van der Waals surface area contributed by atoms with Gasteiger partial charge in [0.05, 0.1) is 0 Å². The van der Waals surface area contributed by atoms with Crippen molar-refractivity contribution in [3.63, 3.8) is 0 Å². The van der Waals surface area contributed by atoms with Crippen LogP contribution in [0, 0.1) is 5.92 Å². The number of amides is 1. The van der Waals surface area contributed by atoms with Crippen LogP contribution < -0.4 is 10.1 Å². The summed E-state index contributed by atoms with van der Waals surface area (Å²) in [5.41, 5.74) is 0. The molecule has 108 valence electrons. The van der Waals surface area contributed by atoms with E-state index in [9.17, 15) is 9.59 Å². The van der Waals surface area contributed by atoms with Crippen molar-refractivity contribution in [2.75, 3.05) is 6.61 Å². The predicted molar refractivity (Wildman–Crippen MR) is 73.9 cm³/mol. The Kier molecular flexibility index (Phi) is 4.84. The average molecular weight is 298 g/mol. The summed E-state index contributed by atoms with van der Waals surface area (Å²) in [6.07, 6.45) is 2.57. The predicted octanol–water partition coefficient (Wildman–Crippen LogP) is 2.09. The Morgan fingerprint density at radius 1 is 1.35 bits per heavy atom. The molecule has 2 N–H and O–H groups in total. The number of rotatable bonds is 7. The van der Waals surface area contributed by atoms with Crippen LogP contribution in [-0.2, 0) is 9.59 Å². The van der Waals surface area contributed by atoms with Gasteiger partial charge in [0.25, 0.3) is 5.91 Å². The lowest BCUT2D eigenvalue weighted by atomic mass is 10.1. The van der Waals surface area contributed by atoms with E-state index in [2.05, 4.69) is 5.32 Å². The lowest BCUT2D eigenvalue weighted by Crippen LogP contribution is -2.43. The zero-order valence-corrected chi connectivity index (χ0v) is 11.6. The fourth-order valence-electron chi connectivity index (χ4n) is 1.82. The Bertz CT molecular complexity index is 484. The van der Waals surface area contributed by atoms with Crippen LogP contribution in [0.15, 0.2) is 24.3 Å². The molecule has 1 aromatic rings. The number of carbonyl (C=O) groups excluding carboxylic acids is 1. The van der Waals surface area contributed by atoms with Crippen molar-refractivity contribution in [3.8, 4) is 5.75 Å². The Hall–Kier alpha value is -1.75. The number of hydrogen-bond donors (Lipinski definition) is 2. The number of ether oxygens (including phenoxy) is 1. The third-order valence-corrected chi connectivity index (χ3v) is 3.33. The largest absolute Gasteiger partial charge is 0.484 e. The van der Waals surface area contributed by atoms with Crippen LogP contribution in [0.1, 0.15) is 19.3 Å². The summed E-state index contributed by atoms with van der Waals surface area (Å²) in [7, 11) is 0. The number of carboxylic acids is 1. The Labute approximate surface area is 121 Å². The van der Waals surface area contributed by atoms with Crippen molar-refractivity contribution in [3.05, 3.63) is 29.3 Å². The van der Waals surface area contributed by atoms with Crippen LogP contribution in [0.4, 0.5) is 0 Å². The summed E-state index contributed by atoms with van der Waals surface area (Å²) in [6, 6.07) is 5.77. The molecule has 0 aliphatic heterocycles. The van der Waals surface area contributed by atoms with Gasteiger partial charge in [-0.2, -0.15) is 0 Å². The quantitative estimate of drug-likeness (QED) is 0.808. The van der Waals surface area contributed by atoms with Gasteiger partial charge >= 0.3 is 5.97 Å². The summed E-state index contributed by atoms with van der Waals surface area (Å²) in [4.78, 5) is 22.7. The number of carbonyl (C=O) groups is 2. The van der Waals surface area contributed by atoms with Crippen molar-refractivity contribution in [1.29, 1.82) is 0 Å². The van der Waals surface area contributed by atoms with Crippen LogP contribution in [0.2, 0.25) is 5.02 Å². The molecular formula is C14H16ClNO4. The fourth-order valence-corrected chi connectivity index (χ4v) is 1.95. The molecule has 20 heavy (non-hydrogen) atoms. The second-order valence-corrected chi connectivity index (χ2v) is 5.32. The summed E-state index contributed by atoms with van der Waals surface area (Å²) >= 11 is 5.73. The van der Waals surface area contributed by atoms with Gasteiger partial charge in [0.15, 0.2) is 6.61 Å². The Morgan fingerprint density at radius 3 is 2.55 bits per heavy atom. The number of benzene rings is 1. The van der Waals surface area contributed by atoms with Crippen LogP contribution in [0.25, 0.3) is 0 Å². The van der Waals surface area contributed by atoms with E-state index < -0.39 is 17.9 Å². The molecule has 1 saturated carbocycles. The molecule has 1 aromatic carbocycles. The van der Waals surface area contributed by atoms with Crippen LogP contribution >= 0.6 is 11.6 Å². The van der Waals surface area contributed by atoms with Gasteiger partial charge in [-0.15, -0.1) is 0 Å². The highest BCUT2D eigenvalue weighted by Gasteiger charge is 2.30. The molecule has 1 atom stereocenters. The summed E-state index contributed by atoms with van der Waals surface area (Å²) < 4.78 is 5.26. The highest BCUT2D eigenvalue weighted by atomic mass is 35.5. The van der Waals surface area contributed by atoms with Gasteiger partial charge in [0, 0.05) is 5.02 Å². The smallest absolute Gasteiger partial charge is 0.326 e. The molecule has 1 aliphatic carbocycles. The van der Waals surface area contributed by atoms with E-state index in [1.807, 2.05) is 0 Å². The number of halogens is 1. The molecule has 1 unspecified atom stereocenters. The molecule has 1 aliphatic rings. The Balaban J connectivity index is 1.78. The molecular weight excluding hydrogens is 282 g/mol. The minimum atomic E-state index is -1.00. The van der Waals surface area contributed by atoms with Crippen molar-refractivity contribution < 1.29 is 19.4 Å². The molecule has 6 heteroatoms.